The van der Waals surface area contributed by atoms with Gasteiger partial charge in [0.1, 0.15) is 26.2 Å². The molecule has 2 aliphatic heterocycles. The second-order valence-electron chi connectivity index (χ2n) is 8.22. The summed E-state index contributed by atoms with van der Waals surface area (Å²) in [7, 11) is 4.71. The number of unbranched alkanes of at least 4 members (excludes halogenated alkanes) is 4. The minimum atomic E-state index is 0.959. The van der Waals surface area contributed by atoms with Crippen LogP contribution in [0.3, 0.4) is 0 Å². The Bertz CT molecular complexity index is 298. The van der Waals surface area contributed by atoms with Gasteiger partial charge < -0.3 is 18.4 Å². The monoisotopic (exact) mass is 344 g/mol. The Morgan fingerprint density at radius 1 is 0.583 bits per heavy atom. The molecule has 0 N–H and O–H groups in total. The van der Waals surface area contributed by atoms with Crippen molar-refractivity contribution >= 4 is 0 Å². The summed E-state index contributed by atoms with van der Waals surface area (Å²) in [6.45, 7) is 15.9. The fourth-order valence-electron chi connectivity index (χ4n) is 3.47. The van der Waals surface area contributed by atoms with E-state index < -0.39 is 0 Å². The van der Waals surface area contributed by atoms with Gasteiger partial charge in [-0.15, -0.1) is 0 Å². The van der Waals surface area contributed by atoms with Crippen LogP contribution < -0.4 is 0 Å². The molecule has 2 heterocycles. The summed E-state index contributed by atoms with van der Waals surface area (Å²) in [5, 5.41) is 0. The second-order valence-corrected chi connectivity index (χ2v) is 8.22. The third kappa shape index (κ3) is 9.36. The number of hydrogen-bond donors (Lipinski definition) is 0. The fourth-order valence-corrected chi connectivity index (χ4v) is 3.47. The van der Waals surface area contributed by atoms with Gasteiger partial charge in [-0.05, 0) is 19.3 Å². The lowest BCUT2D eigenvalue weighted by atomic mass is 10.2. The van der Waals surface area contributed by atoms with E-state index in [4.69, 9.17) is 9.47 Å². The summed E-state index contributed by atoms with van der Waals surface area (Å²) < 4.78 is 13.2. The average molecular weight is 345 g/mol. The molecule has 4 nitrogen and oxygen atoms in total. The van der Waals surface area contributed by atoms with Gasteiger partial charge in [0.15, 0.2) is 0 Å². The van der Waals surface area contributed by atoms with Crippen molar-refractivity contribution in [2.75, 3.05) is 79.8 Å². The number of likely N-dealkylation sites (N-methyl/N-ethyl adjacent to an activating group) is 2. The van der Waals surface area contributed by atoms with Crippen LogP contribution >= 0.6 is 0 Å². The summed E-state index contributed by atoms with van der Waals surface area (Å²) in [6, 6.07) is 0. The molecular weight excluding hydrogens is 300 g/mol. The number of ether oxygens (including phenoxy) is 2. The van der Waals surface area contributed by atoms with Crippen molar-refractivity contribution in [3.63, 3.8) is 0 Å². The average Bonchev–Trinajstić information content (AvgIpc) is 2.59. The molecule has 0 radical (unpaired) electrons. The molecule has 2 aliphatic rings. The highest BCUT2D eigenvalue weighted by Gasteiger charge is 2.24. The minimum absolute atomic E-state index is 0.959. The van der Waals surface area contributed by atoms with E-state index in [1.54, 1.807) is 0 Å². The van der Waals surface area contributed by atoms with Crippen LogP contribution in [-0.4, -0.2) is 88.8 Å². The van der Waals surface area contributed by atoms with Gasteiger partial charge in [0.05, 0.1) is 53.6 Å². The predicted octanol–water partition coefficient (Wildman–Crippen LogP) is 3.31. The first-order valence-corrected chi connectivity index (χ1v) is 10.4. The molecule has 4 heteroatoms. The summed E-state index contributed by atoms with van der Waals surface area (Å²) in [5.41, 5.74) is 0. The van der Waals surface area contributed by atoms with Crippen molar-refractivity contribution in [1.82, 2.24) is 0 Å². The number of quaternary nitrogens is 2. The molecule has 2 rings (SSSR count). The lowest BCUT2D eigenvalue weighted by molar-refractivity contribution is -0.917. The Kier molecular flexibility index (Phi) is 11.2. The zero-order valence-corrected chi connectivity index (χ0v) is 17.0. The Hall–Kier alpha value is -0.160. The highest BCUT2D eigenvalue weighted by Crippen LogP contribution is 2.11. The highest BCUT2D eigenvalue weighted by molar-refractivity contribution is 4.48. The first-order valence-electron chi connectivity index (χ1n) is 10.4. The first-order chi connectivity index (χ1) is 11.5. The third-order valence-corrected chi connectivity index (χ3v) is 5.70. The smallest absolute Gasteiger partial charge is 0.102 e. The van der Waals surface area contributed by atoms with Crippen molar-refractivity contribution in [3.8, 4) is 0 Å². The fraction of sp³-hybridized carbons (Fsp3) is 1.00. The molecule has 2 saturated heterocycles. The van der Waals surface area contributed by atoms with Gasteiger partial charge in [0.2, 0.25) is 0 Å². The summed E-state index contributed by atoms with van der Waals surface area (Å²) >= 11 is 0. The van der Waals surface area contributed by atoms with Gasteiger partial charge in [-0.25, -0.2) is 0 Å². The molecule has 0 aromatic carbocycles. The van der Waals surface area contributed by atoms with E-state index in [9.17, 15) is 0 Å². The predicted molar refractivity (Wildman–Crippen MR) is 102 cm³/mol. The molecule has 0 amide bonds. The standard InChI is InChI=1S/C11H24NO.C9H20NO/c1-3-4-5-6-7-12(2)8-10-13-11-9-12;1-3-4-5-10(2)6-8-11-9-7-10/h3-11H2,1-2H3;3-9H2,1-2H3/q2*+1. The largest absolute Gasteiger partial charge is 0.370 e. The number of morpholine rings is 2. The number of hydrogen-bond acceptors (Lipinski definition) is 2. The molecule has 0 unspecified atom stereocenters. The molecule has 0 aromatic rings. The highest BCUT2D eigenvalue weighted by atomic mass is 16.5. The lowest BCUT2D eigenvalue weighted by Gasteiger charge is -2.37. The van der Waals surface area contributed by atoms with E-state index in [-0.39, 0.29) is 0 Å². The van der Waals surface area contributed by atoms with Crippen LogP contribution in [0.25, 0.3) is 0 Å². The van der Waals surface area contributed by atoms with Crippen LogP contribution in [0, 0.1) is 0 Å². The van der Waals surface area contributed by atoms with Crippen LogP contribution in [-0.2, 0) is 9.47 Å². The van der Waals surface area contributed by atoms with Crippen LogP contribution in [0.2, 0.25) is 0 Å². The number of rotatable bonds is 8. The Labute approximate surface area is 151 Å². The normalized spacial score (nSPS) is 22.5. The van der Waals surface area contributed by atoms with Gasteiger partial charge in [-0.1, -0.05) is 33.1 Å². The summed E-state index contributed by atoms with van der Waals surface area (Å²) in [6.07, 6.45) is 8.21. The summed E-state index contributed by atoms with van der Waals surface area (Å²) in [5.74, 6) is 0. The quantitative estimate of drug-likeness (QED) is 0.497. The van der Waals surface area contributed by atoms with Crippen molar-refractivity contribution in [2.24, 2.45) is 0 Å². The molecular formula is C20H44N2O2+2. The molecule has 0 saturated carbocycles. The molecule has 144 valence electrons. The topological polar surface area (TPSA) is 18.5 Å². The van der Waals surface area contributed by atoms with Gasteiger partial charge in [-0.2, -0.15) is 0 Å². The maximum atomic E-state index is 5.38. The number of nitrogens with zero attached hydrogens (tertiary/aromatic N) is 2. The van der Waals surface area contributed by atoms with Crippen molar-refractivity contribution in [1.29, 1.82) is 0 Å². The SMILES string of the molecule is CCCCCC[N+]1(C)CCOCC1.CCCC[N+]1(C)CCOCC1. The molecule has 0 spiro atoms. The third-order valence-electron chi connectivity index (χ3n) is 5.70. The van der Waals surface area contributed by atoms with Crippen LogP contribution in [0.1, 0.15) is 52.4 Å². The van der Waals surface area contributed by atoms with Crippen molar-refractivity contribution in [3.05, 3.63) is 0 Å². The second kappa shape index (κ2) is 12.2. The lowest BCUT2D eigenvalue weighted by Crippen LogP contribution is -2.52. The Morgan fingerprint density at radius 3 is 1.42 bits per heavy atom. The van der Waals surface area contributed by atoms with E-state index >= 15 is 0 Å². The van der Waals surface area contributed by atoms with Gasteiger partial charge in [0.25, 0.3) is 0 Å². The Morgan fingerprint density at radius 2 is 1.00 bits per heavy atom. The van der Waals surface area contributed by atoms with Crippen LogP contribution in [0.4, 0.5) is 0 Å². The molecule has 2 fully saturated rings. The van der Waals surface area contributed by atoms with Gasteiger partial charge in [0, 0.05) is 0 Å². The van der Waals surface area contributed by atoms with Crippen molar-refractivity contribution < 1.29 is 18.4 Å². The van der Waals surface area contributed by atoms with Crippen LogP contribution in [0.5, 0.6) is 0 Å². The van der Waals surface area contributed by atoms with Gasteiger partial charge >= 0.3 is 0 Å². The maximum Gasteiger partial charge on any atom is 0.102 e. The summed E-state index contributed by atoms with van der Waals surface area (Å²) in [4.78, 5) is 0. The van der Waals surface area contributed by atoms with E-state index in [1.165, 1.54) is 86.8 Å². The zero-order chi connectivity index (χ0) is 17.7. The Balaban J connectivity index is 0.000000243. The van der Waals surface area contributed by atoms with E-state index in [2.05, 4.69) is 27.9 Å². The molecule has 0 atom stereocenters. The molecule has 0 bridgehead atoms. The first kappa shape index (κ1) is 21.9. The maximum absolute atomic E-state index is 5.38. The van der Waals surface area contributed by atoms with E-state index in [0.29, 0.717) is 0 Å². The molecule has 0 aromatic heterocycles. The molecule has 24 heavy (non-hydrogen) atoms. The minimum Gasteiger partial charge on any atom is -0.370 e. The zero-order valence-electron chi connectivity index (χ0n) is 17.0. The van der Waals surface area contributed by atoms with Gasteiger partial charge in [-0.3, -0.25) is 0 Å². The van der Waals surface area contributed by atoms with E-state index in [1.807, 2.05) is 0 Å². The van der Waals surface area contributed by atoms with Crippen molar-refractivity contribution in [2.45, 2.75) is 52.4 Å². The van der Waals surface area contributed by atoms with E-state index in [0.717, 1.165) is 26.4 Å². The molecule has 0 aliphatic carbocycles. The van der Waals surface area contributed by atoms with Crippen LogP contribution in [0.15, 0.2) is 0 Å².